The van der Waals surface area contributed by atoms with Crippen molar-refractivity contribution in [3.05, 3.63) is 34.9 Å². The highest BCUT2D eigenvalue weighted by Crippen LogP contribution is 2.15. The van der Waals surface area contributed by atoms with E-state index in [-0.39, 0.29) is 24.5 Å². The SMILES string of the molecule is CC[C@H](C)NC(=O)NC(=O)CN[C@H](C)c1ccc(Cl)cc1. The summed E-state index contributed by atoms with van der Waals surface area (Å²) in [4.78, 5) is 23.1. The third kappa shape index (κ3) is 6.60. The normalized spacial score (nSPS) is 13.3. The van der Waals surface area contributed by atoms with E-state index in [2.05, 4.69) is 16.0 Å². The minimum atomic E-state index is -0.463. The van der Waals surface area contributed by atoms with Gasteiger partial charge < -0.3 is 10.6 Å². The van der Waals surface area contributed by atoms with Crippen LogP contribution in [0.5, 0.6) is 0 Å². The molecule has 0 fully saturated rings. The minimum Gasteiger partial charge on any atom is -0.335 e. The van der Waals surface area contributed by atoms with Crippen molar-refractivity contribution in [2.24, 2.45) is 0 Å². The van der Waals surface area contributed by atoms with E-state index < -0.39 is 6.03 Å². The first-order valence-corrected chi connectivity index (χ1v) is 7.39. The average molecular weight is 312 g/mol. The fourth-order valence-corrected chi connectivity index (χ4v) is 1.77. The van der Waals surface area contributed by atoms with E-state index in [0.29, 0.717) is 5.02 Å². The fourth-order valence-electron chi connectivity index (χ4n) is 1.65. The Labute approximate surface area is 130 Å². The standard InChI is InChI=1S/C15H22ClN3O2/c1-4-10(2)18-15(21)19-14(20)9-17-11(3)12-5-7-13(16)8-6-12/h5-8,10-11,17H,4,9H2,1-3H3,(H2,18,19,20,21)/t10-,11+/m0/s1. The highest BCUT2D eigenvalue weighted by molar-refractivity contribution is 6.30. The molecule has 21 heavy (non-hydrogen) atoms. The number of imide groups is 1. The zero-order chi connectivity index (χ0) is 15.8. The Morgan fingerprint density at radius 3 is 2.38 bits per heavy atom. The number of amides is 3. The van der Waals surface area contributed by atoms with E-state index in [1.54, 1.807) is 12.1 Å². The lowest BCUT2D eigenvalue weighted by atomic mass is 10.1. The molecule has 0 heterocycles. The van der Waals surface area contributed by atoms with Crippen molar-refractivity contribution in [2.45, 2.75) is 39.3 Å². The van der Waals surface area contributed by atoms with Crippen LogP contribution in [0.25, 0.3) is 0 Å². The van der Waals surface area contributed by atoms with Crippen LogP contribution >= 0.6 is 11.6 Å². The van der Waals surface area contributed by atoms with Crippen LogP contribution in [0.1, 0.15) is 38.8 Å². The summed E-state index contributed by atoms with van der Waals surface area (Å²) in [7, 11) is 0. The summed E-state index contributed by atoms with van der Waals surface area (Å²) in [6, 6.07) is 6.96. The van der Waals surface area contributed by atoms with Crippen LogP contribution in [0.15, 0.2) is 24.3 Å². The molecule has 116 valence electrons. The van der Waals surface area contributed by atoms with Gasteiger partial charge in [-0.15, -0.1) is 0 Å². The average Bonchev–Trinajstić information content (AvgIpc) is 2.45. The van der Waals surface area contributed by atoms with Gasteiger partial charge in [-0.25, -0.2) is 4.79 Å². The van der Waals surface area contributed by atoms with Crippen molar-refractivity contribution in [1.82, 2.24) is 16.0 Å². The molecular formula is C15H22ClN3O2. The van der Waals surface area contributed by atoms with Crippen LogP contribution in [-0.4, -0.2) is 24.5 Å². The van der Waals surface area contributed by atoms with Crippen LogP contribution in [-0.2, 0) is 4.79 Å². The van der Waals surface area contributed by atoms with Crippen LogP contribution in [0.2, 0.25) is 5.02 Å². The number of hydrogen-bond donors (Lipinski definition) is 3. The molecule has 0 aliphatic heterocycles. The van der Waals surface area contributed by atoms with Gasteiger partial charge in [0.15, 0.2) is 0 Å². The zero-order valence-corrected chi connectivity index (χ0v) is 13.3. The summed E-state index contributed by atoms with van der Waals surface area (Å²) in [5.41, 5.74) is 1.02. The van der Waals surface area contributed by atoms with Crippen LogP contribution < -0.4 is 16.0 Å². The van der Waals surface area contributed by atoms with Gasteiger partial charge in [0.2, 0.25) is 5.91 Å². The first-order valence-electron chi connectivity index (χ1n) is 7.01. The molecule has 0 saturated heterocycles. The van der Waals surface area contributed by atoms with Crippen LogP contribution in [0.3, 0.4) is 0 Å². The molecule has 1 aromatic carbocycles. The molecule has 1 aromatic rings. The number of urea groups is 1. The minimum absolute atomic E-state index is 0.00866. The molecule has 3 amide bonds. The topological polar surface area (TPSA) is 70.2 Å². The van der Waals surface area contributed by atoms with E-state index in [1.165, 1.54) is 0 Å². The van der Waals surface area contributed by atoms with Gasteiger partial charge in [0.25, 0.3) is 0 Å². The number of hydrogen-bond acceptors (Lipinski definition) is 3. The van der Waals surface area contributed by atoms with Gasteiger partial charge in [0.05, 0.1) is 6.54 Å². The summed E-state index contributed by atoms with van der Waals surface area (Å²) in [6.07, 6.45) is 0.813. The maximum absolute atomic E-state index is 11.7. The second-order valence-corrected chi connectivity index (χ2v) is 5.42. The maximum Gasteiger partial charge on any atom is 0.321 e. The molecule has 0 aliphatic carbocycles. The Balaban J connectivity index is 2.35. The second kappa shape index (κ2) is 8.64. The number of benzene rings is 1. The smallest absolute Gasteiger partial charge is 0.321 e. The summed E-state index contributed by atoms with van der Waals surface area (Å²) >= 11 is 5.83. The molecule has 0 aliphatic rings. The van der Waals surface area contributed by atoms with Gasteiger partial charge in [-0.1, -0.05) is 30.7 Å². The predicted molar refractivity (Wildman–Crippen MR) is 84.3 cm³/mol. The lowest BCUT2D eigenvalue weighted by Crippen LogP contribution is -2.46. The van der Waals surface area contributed by atoms with Gasteiger partial charge in [-0.05, 0) is 38.0 Å². The molecular weight excluding hydrogens is 290 g/mol. The van der Waals surface area contributed by atoms with Gasteiger partial charge in [-0.3, -0.25) is 10.1 Å². The maximum atomic E-state index is 11.7. The molecule has 3 N–H and O–H groups in total. The Morgan fingerprint density at radius 1 is 1.19 bits per heavy atom. The van der Waals surface area contributed by atoms with E-state index in [0.717, 1.165) is 12.0 Å². The quantitative estimate of drug-likeness (QED) is 0.756. The Morgan fingerprint density at radius 2 is 1.81 bits per heavy atom. The fraction of sp³-hybridized carbons (Fsp3) is 0.467. The number of rotatable bonds is 6. The van der Waals surface area contributed by atoms with E-state index >= 15 is 0 Å². The van der Waals surface area contributed by atoms with Gasteiger partial charge in [0, 0.05) is 17.1 Å². The lowest BCUT2D eigenvalue weighted by molar-refractivity contribution is -0.119. The largest absolute Gasteiger partial charge is 0.335 e. The summed E-state index contributed by atoms with van der Waals surface area (Å²) < 4.78 is 0. The van der Waals surface area contributed by atoms with Crippen molar-refractivity contribution < 1.29 is 9.59 Å². The second-order valence-electron chi connectivity index (χ2n) is 4.99. The first-order chi connectivity index (χ1) is 9.92. The van der Waals surface area contributed by atoms with Gasteiger partial charge >= 0.3 is 6.03 Å². The lowest BCUT2D eigenvalue weighted by Gasteiger charge is -2.15. The molecule has 0 spiro atoms. The third-order valence-electron chi connectivity index (χ3n) is 3.18. The summed E-state index contributed by atoms with van der Waals surface area (Å²) in [6.45, 7) is 5.85. The van der Waals surface area contributed by atoms with Crippen molar-refractivity contribution in [3.63, 3.8) is 0 Å². The highest BCUT2D eigenvalue weighted by Gasteiger charge is 2.11. The van der Waals surface area contributed by atoms with Crippen molar-refractivity contribution in [2.75, 3.05) is 6.54 Å². The van der Waals surface area contributed by atoms with Crippen molar-refractivity contribution >= 4 is 23.5 Å². The molecule has 0 aromatic heterocycles. The molecule has 6 heteroatoms. The van der Waals surface area contributed by atoms with Crippen LogP contribution in [0.4, 0.5) is 4.79 Å². The highest BCUT2D eigenvalue weighted by atomic mass is 35.5. The van der Waals surface area contributed by atoms with E-state index in [1.807, 2.05) is 32.9 Å². The molecule has 0 bridgehead atoms. The molecule has 0 saturated carbocycles. The number of nitrogens with one attached hydrogen (secondary N) is 3. The molecule has 5 nitrogen and oxygen atoms in total. The van der Waals surface area contributed by atoms with Crippen LogP contribution in [0, 0.1) is 0 Å². The van der Waals surface area contributed by atoms with Gasteiger partial charge in [-0.2, -0.15) is 0 Å². The predicted octanol–water partition coefficient (Wildman–Crippen LogP) is 2.61. The van der Waals surface area contributed by atoms with Gasteiger partial charge in [0.1, 0.15) is 0 Å². The molecule has 0 radical (unpaired) electrons. The molecule has 2 atom stereocenters. The Kier molecular flexibility index (Phi) is 7.19. The Hall–Kier alpha value is -1.59. The van der Waals surface area contributed by atoms with E-state index in [9.17, 15) is 9.59 Å². The van der Waals surface area contributed by atoms with Crippen molar-refractivity contribution in [1.29, 1.82) is 0 Å². The number of carbonyl (C=O) groups excluding carboxylic acids is 2. The Bertz CT molecular complexity index is 476. The number of carbonyl (C=O) groups is 2. The first kappa shape index (κ1) is 17.5. The van der Waals surface area contributed by atoms with E-state index in [4.69, 9.17) is 11.6 Å². The van der Waals surface area contributed by atoms with Crippen molar-refractivity contribution in [3.8, 4) is 0 Å². The molecule has 1 rings (SSSR count). The summed E-state index contributed by atoms with van der Waals surface area (Å²) in [5.74, 6) is -0.364. The third-order valence-corrected chi connectivity index (χ3v) is 3.43. The molecule has 0 unspecified atom stereocenters. The zero-order valence-electron chi connectivity index (χ0n) is 12.6. The summed E-state index contributed by atoms with van der Waals surface area (Å²) in [5, 5.41) is 8.69. The number of halogens is 1. The monoisotopic (exact) mass is 311 g/mol.